The van der Waals surface area contributed by atoms with E-state index in [1.807, 2.05) is 0 Å². The van der Waals surface area contributed by atoms with E-state index < -0.39 is 145 Å². The highest BCUT2D eigenvalue weighted by molar-refractivity contribution is 7.93. The first-order valence-corrected chi connectivity index (χ1v) is 57.2. The number of aliphatic hydroxyl groups is 4. The number of methoxy groups -OCH3 is 4. The van der Waals surface area contributed by atoms with Gasteiger partial charge >= 0.3 is 0 Å². The maximum absolute atomic E-state index is 11.5. The number of hydrogen-bond acceptors (Lipinski definition) is 24. The molecule has 0 radical (unpaired) electrons. The van der Waals surface area contributed by atoms with E-state index in [2.05, 4.69) is 111 Å². The first-order chi connectivity index (χ1) is 51.2. The van der Waals surface area contributed by atoms with E-state index in [9.17, 15) is 87.8 Å². The summed E-state index contributed by atoms with van der Waals surface area (Å²) in [6.45, 7) is 48.1. The van der Waals surface area contributed by atoms with Gasteiger partial charge in [-0.3, -0.25) is 0 Å². The summed E-state index contributed by atoms with van der Waals surface area (Å²) in [4.78, 5) is 0. The summed E-state index contributed by atoms with van der Waals surface area (Å²) in [6, 6.07) is 0. The van der Waals surface area contributed by atoms with Crippen LogP contribution < -0.4 is 0 Å². The molecular formula is C84H168O24S8. The molecule has 0 amide bonds. The van der Waals surface area contributed by atoms with Crippen molar-refractivity contribution in [3.8, 4) is 0 Å². The molecule has 8 saturated carbocycles. The highest BCUT2D eigenvalue weighted by atomic mass is 32.2. The van der Waals surface area contributed by atoms with E-state index in [-0.39, 0.29) is 69.7 Å². The molecule has 16 atom stereocenters. The standard InChI is InChI=1S/4C11H22O3S.4C10H20O3S/c4*1-8(15(5,12)13)10(14-4)9-6-11(2,3)7-9;4*1-7(14(4,12)13)9(11)8-5-10(2,3)6-8/h4*8-10H,6-7H2,1-5H3;4*7-9,11H,5-6H2,1-4H3/t2*8-,10+;2*8-,10-;2*7-,9+;2*7-,9-/m10101010/s1. The molecule has 116 heavy (non-hydrogen) atoms. The van der Waals surface area contributed by atoms with Gasteiger partial charge in [0.1, 0.15) is 0 Å². The molecule has 4 N–H and O–H groups in total. The van der Waals surface area contributed by atoms with Crippen LogP contribution in [-0.2, 0) is 97.6 Å². The summed E-state index contributed by atoms with van der Waals surface area (Å²) in [5.74, 6) is 2.24. The Morgan fingerprint density at radius 3 is 0.353 bits per heavy atom. The normalized spacial score (nSPS) is 26.1. The molecule has 0 spiro atoms. The minimum absolute atomic E-state index is 0.145. The Morgan fingerprint density at radius 1 is 0.198 bits per heavy atom. The number of ether oxygens (including phenoxy) is 4. The smallest absolute Gasteiger partial charge is 0.152 e. The average Bonchev–Trinajstić information content (AvgIpc) is 0.771. The molecule has 0 unspecified atom stereocenters. The highest BCUT2D eigenvalue weighted by Crippen LogP contribution is 2.54. The Labute approximate surface area is 709 Å². The fraction of sp³-hybridized carbons (Fsp3) is 1.00. The van der Waals surface area contributed by atoms with Gasteiger partial charge in [0.05, 0.1) is 90.8 Å². The second-order valence-corrected chi connectivity index (χ2v) is 62.9. The summed E-state index contributed by atoms with van der Waals surface area (Å²) in [7, 11) is -18.0. The average molecular weight is 1820 g/mol. The Morgan fingerprint density at radius 2 is 0.284 bits per heavy atom. The molecular weight excluding hydrogens is 1650 g/mol. The summed E-state index contributed by atoms with van der Waals surface area (Å²) in [5, 5.41) is 35.2. The molecule has 8 fully saturated rings. The van der Waals surface area contributed by atoms with Crippen molar-refractivity contribution in [2.75, 3.05) is 78.5 Å². The topological polar surface area (TPSA) is 391 Å². The Kier molecular flexibility index (Phi) is 40.8. The van der Waals surface area contributed by atoms with Crippen molar-refractivity contribution in [2.45, 2.75) is 360 Å². The molecule has 0 heterocycles. The predicted molar refractivity (Wildman–Crippen MR) is 474 cm³/mol. The van der Waals surface area contributed by atoms with Crippen LogP contribution in [-0.4, -0.2) is 257 Å². The van der Waals surface area contributed by atoms with Crippen LogP contribution in [0.4, 0.5) is 0 Å². The van der Waals surface area contributed by atoms with Crippen molar-refractivity contribution in [3.63, 3.8) is 0 Å². The minimum atomic E-state index is -3.11. The minimum Gasteiger partial charge on any atom is -0.391 e. The molecule has 0 aliphatic heterocycles. The van der Waals surface area contributed by atoms with Gasteiger partial charge in [0.2, 0.25) is 0 Å². The van der Waals surface area contributed by atoms with Crippen LogP contribution in [0.2, 0.25) is 0 Å². The largest absolute Gasteiger partial charge is 0.391 e. The molecule has 0 aromatic heterocycles. The van der Waals surface area contributed by atoms with Gasteiger partial charge in [0.15, 0.2) is 78.7 Å². The quantitative estimate of drug-likeness (QED) is 0.0565. The highest BCUT2D eigenvalue weighted by Gasteiger charge is 2.51. The lowest BCUT2D eigenvalue weighted by molar-refractivity contribution is -0.0367. The van der Waals surface area contributed by atoms with Crippen molar-refractivity contribution in [2.24, 2.45) is 90.7 Å². The monoisotopic (exact) mass is 1820 g/mol. The SMILES string of the molecule is CO[C@@H](C1CC(C)(C)C1)[C@@H](C)S(C)(=O)=O.CO[C@@H](C1CC(C)(C)C1)[C@H](C)S(C)(=O)=O.CO[C@H](C1CC(C)(C)C1)[C@@H](C)S(C)(=O)=O.CO[C@H](C1CC(C)(C)C1)[C@H](C)S(C)(=O)=O.C[C@@H]([C@@H](O)C1CC(C)(C)C1)S(C)(=O)=O.C[C@@H]([C@H](O)C1CC(C)(C)C1)S(C)(=O)=O.C[C@H]([C@@H](O)C1CC(C)(C)C1)S(C)(=O)=O.C[C@H]([C@H](O)C1CC(C)(C)C1)S(C)(=O)=O. The molecule has 0 aromatic rings. The van der Waals surface area contributed by atoms with Gasteiger partial charge < -0.3 is 39.4 Å². The second-order valence-electron chi connectivity index (χ2n) is 43.7. The van der Waals surface area contributed by atoms with Crippen LogP contribution in [0.3, 0.4) is 0 Å². The van der Waals surface area contributed by atoms with E-state index in [4.69, 9.17) is 18.9 Å². The number of aliphatic hydroxyl groups excluding tert-OH is 4. The van der Waals surface area contributed by atoms with Crippen molar-refractivity contribution < 1.29 is 107 Å². The third-order valence-corrected chi connectivity index (χ3v) is 40.1. The second kappa shape index (κ2) is 41.8. The summed E-state index contributed by atoms with van der Waals surface area (Å²) >= 11 is 0. The molecule has 8 aliphatic rings. The van der Waals surface area contributed by atoms with Crippen LogP contribution in [0.1, 0.15) is 269 Å². The van der Waals surface area contributed by atoms with Gasteiger partial charge in [-0.05, 0) is 249 Å². The van der Waals surface area contributed by atoms with Gasteiger partial charge in [-0.15, -0.1) is 0 Å². The van der Waals surface area contributed by atoms with Gasteiger partial charge in [0.25, 0.3) is 0 Å². The lowest BCUT2D eigenvalue weighted by Crippen LogP contribution is -2.46. The Bertz CT molecular complexity index is 3470. The maximum atomic E-state index is 11.5. The van der Waals surface area contributed by atoms with Crippen molar-refractivity contribution in [1.82, 2.24) is 0 Å². The van der Waals surface area contributed by atoms with E-state index in [0.717, 1.165) is 103 Å². The van der Waals surface area contributed by atoms with Crippen molar-refractivity contribution >= 4 is 78.7 Å². The summed E-state index contributed by atoms with van der Waals surface area (Å²) < 4.78 is 203. The fourth-order valence-corrected chi connectivity index (χ4v) is 25.6. The Hall–Kier alpha value is -0.720. The molecule has 8 rings (SSSR count). The van der Waals surface area contributed by atoms with Crippen LogP contribution in [0.5, 0.6) is 0 Å². The van der Waals surface area contributed by atoms with Gasteiger partial charge in [0, 0.05) is 78.5 Å². The molecule has 8 aliphatic carbocycles. The molecule has 0 saturated heterocycles. The lowest BCUT2D eigenvalue weighted by Gasteiger charge is -2.47. The summed E-state index contributed by atoms with van der Waals surface area (Å²) in [6.07, 6.45) is 22.4. The van der Waals surface area contributed by atoms with E-state index >= 15 is 0 Å². The third kappa shape index (κ3) is 36.0. The molecule has 0 bridgehead atoms. The van der Waals surface area contributed by atoms with Crippen LogP contribution in [0.25, 0.3) is 0 Å². The van der Waals surface area contributed by atoms with Crippen LogP contribution in [0, 0.1) is 90.7 Å². The first-order valence-electron chi connectivity index (χ1n) is 41.6. The van der Waals surface area contributed by atoms with Crippen LogP contribution in [0.15, 0.2) is 0 Å². The molecule has 0 aromatic carbocycles. The zero-order valence-corrected chi connectivity index (χ0v) is 84.9. The van der Waals surface area contributed by atoms with Crippen LogP contribution >= 0.6 is 0 Å². The van der Waals surface area contributed by atoms with Gasteiger partial charge in [-0.25, -0.2) is 67.3 Å². The molecule has 696 valence electrons. The predicted octanol–water partition coefficient (Wildman–Crippen LogP) is 12.3. The number of hydrogen-bond donors (Lipinski definition) is 4. The third-order valence-electron chi connectivity index (χ3n) is 27.1. The van der Waals surface area contributed by atoms with E-state index in [1.165, 1.54) is 50.0 Å². The number of sulfone groups is 8. The van der Waals surface area contributed by atoms with Crippen molar-refractivity contribution in [1.29, 1.82) is 0 Å². The maximum Gasteiger partial charge on any atom is 0.152 e. The molecule has 24 nitrogen and oxygen atoms in total. The number of rotatable bonds is 28. The lowest BCUT2D eigenvalue weighted by atomic mass is 9.62. The van der Waals surface area contributed by atoms with Crippen molar-refractivity contribution in [3.05, 3.63) is 0 Å². The van der Waals surface area contributed by atoms with E-state index in [1.54, 1.807) is 83.8 Å². The fourth-order valence-electron chi connectivity index (χ4n) is 19.4. The van der Waals surface area contributed by atoms with Gasteiger partial charge in [-0.1, -0.05) is 111 Å². The first kappa shape index (κ1) is 113. The van der Waals surface area contributed by atoms with Gasteiger partial charge in [-0.2, -0.15) is 0 Å². The van der Waals surface area contributed by atoms with E-state index in [0.29, 0.717) is 45.3 Å². The Balaban J connectivity index is 0.000000663. The summed E-state index contributed by atoms with van der Waals surface area (Å²) in [5.41, 5.74) is 2.56. The molecule has 32 heteroatoms. The zero-order valence-electron chi connectivity index (χ0n) is 78.4. The zero-order chi connectivity index (χ0) is 92.0.